The van der Waals surface area contributed by atoms with Gasteiger partial charge in [-0.2, -0.15) is 5.10 Å². The molecule has 2 heterocycles. The summed E-state index contributed by atoms with van der Waals surface area (Å²) in [7, 11) is 0. The summed E-state index contributed by atoms with van der Waals surface area (Å²) < 4.78 is 6.62. The lowest BCUT2D eigenvalue weighted by atomic mass is 10.2. The molecule has 1 aliphatic rings. The molecule has 0 radical (unpaired) electrons. The van der Waals surface area contributed by atoms with Gasteiger partial charge in [-0.25, -0.2) is 4.79 Å². The van der Waals surface area contributed by atoms with Gasteiger partial charge in [-0.15, -0.1) is 0 Å². The molecule has 1 unspecified atom stereocenters. The molecule has 1 atom stereocenters. The van der Waals surface area contributed by atoms with E-state index < -0.39 is 6.04 Å². The molecule has 2 N–H and O–H groups in total. The molecule has 0 aliphatic carbocycles. The van der Waals surface area contributed by atoms with Gasteiger partial charge in [0.15, 0.2) is 5.69 Å². The van der Waals surface area contributed by atoms with Crippen molar-refractivity contribution in [3.05, 3.63) is 11.9 Å². The number of anilines is 1. The van der Waals surface area contributed by atoms with Gasteiger partial charge in [0.1, 0.15) is 6.04 Å². The van der Waals surface area contributed by atoms with Crippen LogP contribution >= 0.6 is 0 Å². The fourth-order valence-electron chi connectivity index (χ4n) is 2.39. The molecule has 110 valence electrons. The van der Waals surface area contributed by atoms with Crippen molar-refractivity contribution in [1.82, 2.24) is 14.7 Å². The Morgan fingerprint density at radius 3 is 2.85 bits per heavy atom. The Labute approximate surface area is 117 Å². The summed E-state index contributed by atoms with van der Waals surface area (Å²) in [6.45, 7) is 5.14. The number of aromatic nitrogens is 2. The molecule has 0 bridgehead atoms. The standard InChI is InChI=1S/C13H20N4O3/c1-3-16-8-9(14)11(15-16)12(18)17-7-5-6-10(17)13(19)20-4-2/h8,10H,3-7,14H2,1-2H3. The van der Waals surface area contributed by atoms with Gasteiger partial charge in [0.25, 0.3) is 5.91 Å². The van der Waals surface area contributed by atoms with Gasteiger partial charge in [-0.05, 0) is 26.7 Å². The number of hydrogen-bond acceptors (Lipinski definition) is 5. The fourth-order valence-corrected chi connectivity index (χ4v) is 2.39. The number of nitrogens with zero attached hydrogens (tertiary/aromatic N) is 3. The van der Waals surface area contributed by atoms with Crippen molar-refractivity contribution in [1.29, 1.82) is 0 Å². The molecule has 1 aliphatic heterocycles. The summed E-state index contributed by atoms with van der Waals surface area (Å²) in [5, 5.41) is 4.16. The predicted molar refractivity (Wildman–Crippen MR) is 73.0 cm³/mol. The number of amides is 1. The van der Waals surface area contributed by atoms with Crippen LogP contribution < -0.4 is 5.73 Å². The highest BCUT2D eigenvalue weighted by Gasteiger charge is 2.37. The van der Waals surface area contributed by atoms with E-state index in [1.807, 2.05) is 6.92 Å². The van der Waals surface area contributed by atoms with Crippen LogP contribution in [0.5, 0.6) is 0 Å². The van der Waals surface area contributed by atoms with Gasteiger partial charge < -0.3 is 15.4 Å². The Bertz CT molecular complexity index is 512. The summed E-state index contributed by atoms with van der Waals surface area (Å²) >= 11 is 0. The van der Waals surface area contributed by atoms with Gasteiger partial charge in [-0.3, -0.25) is 9.48 Å². The number of esters is 1. The molecule has 0 saturated carbocycles. The highest BCUT2D eigenvalue weighted by Crippen LogP contribution is 2.22. The summed E-state index contributed by atoms with van der Waals surface area (Å²) in [4.78, 5) is 25.9. The second-order valence-electron chi connectivity index (χ2n) is 4.70. The molecule has 1 saturated heterocycles. The van der Waals surface area contributed by atoms with E-state index in [1.165, 1.54) is 4.90 Å². The number of carbonyl (C=O) groups excluding carboxylic acids is 2. The number of aryl methyl sites for hydroxylation is 1. The molecular formula is C13H20N4O3. The number of likely N-dealkylation sites (tertiary alicyclic amines) is 1. The van der Waals surface area contributed by atoms with Gasteiger partial charge in [0.2, 0.25) is 0 Å². The van der Waals surface area contributed by atoms with Crippen LogP contribution in [-0.2, 0) is 16.1 Å². The first kappa shape index (κ1) is 14.4. The number of ether oxygens (including phenoxy) is 1. The summed E-state index contributed by atoms with van der Waals surface area (Å²) in [6, 6.07) is -0.520. The molecule has 7 heteroatoms. The number of hydrogen-bond donors (Lipinski definition) is 1. The molecule has 20 heavy (non-hydrogen) atoms. The Morgan fingerprint density at radius 2 is 2.25 bits per heavy atom. The molecule has 1 amide bonds. The Hall–Kier alpha value is -2.05. The zero-order chi connectivity index (χ0) is 14.7. The van der Waals surface area contributed by atoms with Crippen LogP contribution in [0.2, 0.25) is 0 Å². The van der Waals surface area contributed by atoms with Gasteiger partial charge in [0.05, 0.1) is 12.3 Å². The van der Waals surface area contributed by atoms with Crippen LogP contribution in [0.25, 0.3) is 0 Å². The minimum absolute atomic E-state index is 0.211. The summed E-state index contributed by atoms with van der Waals surface area (Å²) in [5.74, 6) is -0.655. The first-order chi connectivity index (χ1) is 9.58. The highest BCUT2D eigenvalue weighted by atomic mass is 16.5. The minimum Gasteiger partial charge on any atom is -0.464 e. The van der Waals surface area contributed by atoms with Crippen LogP contribution in [0.4, 0.5) is 5.69 Å². The summed E-state index contributed by atoms with van der Waals surface area (Å²) in [5.41, 5.74) is 6.37. The maximum Gasteiger partial charge on any atom is 0.328 e. The van der Waals surface area contributed by atoms with E-state index in [4.69, 9.17) is 10.5 Å². The third-order valence-corrected chi connectivity index (χ3v) is 3.39. The fraction of sp³-hybridized carbons (Fsp3) is 0.615. The Balaban J connectivity index is 2.18. The summed E-state index contributed by atoms with van der Waals surface area (Å²) in [6.07, 6.45) is 3.03. The van der Waals surface area contributed by atoms with E-state index in [2.05, 4.69) is 5.10 Å². The topological polar surface area (TPSA) is 90.5 Å². The predicted octanol–water partition coefficient (Wildman–Crippen LogP) is 0.653. The van der Waals surface area contributed by atoms with Crippen molar-refractivity contribution in [2.45, 2.75) is 39.3 Å². The third-order valence-electron chi connectivity index (χ3n) is 3.39. The van der Waals surface area contributed by atoms with Crippen molar-refractivity contribution in [2.75, 3.05) is 18.9 Å². The van der Waals surface area contributed by atoms with E-state index in [-0.39, 0.29) is 17.6 Å². The molecule has 0 spiro atoms. The van der Waals surface area contributed by atoms with Crippen molar-refractivity contribution in [3.63, 3.8) is 0 Å². The van der Waals surface area contributed by atoms with Crippen molar-refractivity contribution in [2.24, 2.45) is 0 Å². The zero-order valence-corrected chi connectivity index (χ0v) is 11.8. The SMILES string of the molecule is CCOC(=O)C1CCCN1C(=O)c1nn(CC)cc1N. The molecular weight excluding hydrogens is 260 g/mol. The quantitative estimate of drug-likeness (QED) is 0.818. The number of rotatable bonds is 4. The normalized spacial score (nSPS) is 18.3. The van der Waals surface area contributed by atoms with Gasteiger partial charge >= 0.3 is 5.97 Å². The first-order valence-corrected chi connectivity index (χ1v) is 6.89. The molecule has 1 aromatic heterocycles. The second-order valence-corrected chi connectivity index (χ2v) is 4.70. The van der Waals surface area contributed by atoms with E-state index in [0.717, 1.165) is 6.42 Å². The van der Waals surface area contributed by atoms with Crippen LogP contribution in [-0.4, -0.2) is 45.8 Å². The second kappa shape index (κ2) is 5.94. The van der Waals surface area contributed by atoms with Crippen LogP contribution in [0.3, 0.4) is 0 Å². The van der Waals surface area contributed by atoms with Crippen molar-refractivity contribution in [3.8, 4) is 0 Å². The Morgan fingerprint density at radius 1 is 1.50 bits per heavy atom. The number of nitrogens with two attached hydrogens (primary N) is 1. The van der Waals surface area contributed by atoms with Crippen LogP contribution in [0.1, 0.15) is 37.2 Å². The zero-order valence-electron chi connectivity index (χ0n) is 11.8. The van der Waals surface area contributed by atoms with Gasteiger partial charge in [-0.1, -0.05) is 0 Å². The van der Waals surface area contributed by atoms with Crippen molar-refractivity contribution < 1.29 is 14.3 Å². The largest absolute Gasteiger partial charge is 0.464 e. The number of nitrogen functional groups attached to an aromatic ring is 1. The van der Waals surface area contributed by atoms with Crippen molar-refractivity contribution >= 4 is 17.6 Å². The molecule has 1 fully saturated rings. The maximum atomic E-state index is 12.5. The lowest BCUT2D eigenvalue weighted by Crippen LogP contribution is -2.41. The molecule has 0 aromatic carbocycles. The molecule has 2 rings (SSSR count). The minimum atomic E-state index is -0.520. The van der Waals surface area contributed by atoms with E-state index >= 15 is 0 Å². The van der Waals surface area contributed by atoms with Gasteiger partial charge in [0, 0.05) is 19.3 Å². The first-order valence-electron chi connectivity index (χ1n) is 6.89. The smallest absolute Gasteiger partial charge is 0.328 e. The molecule has 1 aromatic rings. The average Bonchev–Trinajstić information content (AvgIpc) is 3.04. The number of carbonyl (C=O) groups is 2. The van der Waals surface area contributed by atoms with Crippen LogP contribution in [0, 0.1) is 0 Å². The van der Waals surface area contributed by atoms with E-state index in [9.17, 15) is 9.59 Å². The third kappa shape index (κ3) is 2.61. The lowest BCUT2D eigenvalue weighted by Gasteiger charge is -2.22. The molecule has 7 nitrogen and oxygen atoms in total. The monoisotopic (exact) mass is 280 g/mol. The van der Waals surface area contributed by atoms with E-state index in [1.54, 1.807) is 17.8 Å². The highest BCUT2D eigenvalue weighted by molar-refractivity contribution is 5.99. The lowest BCUT2D eigenvalue weighted by molar-refractivity contribution is -0.147. The van der Waals surface area contributed by atoms with Crippen LogP contribution in [0.15, 0.2) is 6.20 Å². The Kier molecular flexibility index (Phi) is 4.26. The maximum absolute atomic E-state index is 12.5. The van der Waals surface area contributed by atoms with E-state index in [0.29, 0.717) is 31.8 Å². The average molecular weight is 280 g/mol.